The Morgan fingerprint density at radius 3 is 2.75 bits per heavy atom. The number of aromatic nitrogens is 1. The van der Waals surface area contributed by atoms with E-state index in [1.807, 2.05) is 0 Å². The van der Waals surface area contributed by atoms with Gasteiger partial charge in [-0.05, 0) is 28.7 Å². The molecule has 0 saturated heterocycles. The van der Waals surface area contributed by atoms with Crippen LogP contribution in [0.3, 0.4) is 0 Å². The number of carbonyl (C=O) groups excluding carboxylic acids is 1. The Morgan fingerprint density at radius 1 is 1.58 bits per heavy atom. The SMILES string of the molecule is O=Cc1cc(C(F)F)c(I)cn1. The molecular formula is C7H4F2INO. The third-order valence-corrected chi connectivity index (χ3v) is 2.16. The van der Waals surface area contributed by atoms with Gasteiger partial charge in [-0.3, -0.25) is 9.78 Å². The minimum Gasteiger partial charge on any atom is -0.296 e. The summed E-state index contributed by atoms with van der Waals surface area (Å²) in [6, 6.07) is 1.10. The summed E-state index contributed by atoms with van der Waals surface area (Å²) < 4.78 is 24.8. The van der Waals surface area contributed by atoms with Crippen molar-refractivity contribution in [3.05, 3.63) is 27.1 Å². The average Bonchev–Trinajstić information content (AvgIpc) is 2.05. The van der Waals surface area contributed by atoms with Gasteiger partial charge in [0.2, 0.25) is 0 Å². The van der Waals surface area contributed by atoms with Gasteiger partial charge in [-0.1, -0.05) is 0 Å². The summed E-state index contributed by atoms with van der Waals surface area (Å²) in [6.07, 6.45) is -0.855. The first-order valence-corrected chi connectivity index (χ1v) is 4.12. The lowest BCUT2D eigenvalue weighted by molar-refractivity contribution is 0.111. The molecule has 1 aromatic rings. The van der Waals surface area contributed by atoms with E-state index < -0.39 is 6.43 Å². The average molecular weight is 283 g/mol. The second-order valence-corrected chi connectivity index (χ2v) is 3.21. The van der Waals surface area contributed by atoms with Crippen LogP contribution in [0.15, 0.2) is 12.3 Å². The molecule has 0 fully saturated rings. The molecule has 0 atom stereocenters. The van der Waals surface area contributed by atoms with Crippen LogP contribution in [0.2, 0.25) is 0 Å². The summed E-state index contributed by atoms with van der Waals surface area (Å²) in [4.78, 5) is 13.8. The first kappa shape index (κ1) is 9.50. The van der Waals surface area contributed by atoms with Crippen molar-refractivity contribution >= 4 is 28.9 Å². The van der Waals surface area contributed by atoms with E-state index in [1.165, 1.54) is 6.20 Å². The Labute approximate surface area is 81.1 Å². The van der Waals surface area contributed by atoms with Gasteiger partial charge in [0.1, 0.15) is 5.69 Å². The number of pyridine rings is 1. The highest BCUT2D eigenvalue weighted by Crippen LogP contribution is 2.23. The number of hydrogen-bond donors (Lipinski definition) is 0. The van der Waals surface area contributed by atoms with Crippen molar-refractivity contribution in [1.29, 1.82) is 0 Å². The maximum atomic E-state index is 12.2. The van der Waals surface area contributed by atoms with Crippen LogP contribution in [0.1, 0.15) is 22.5 Å². The highest BCUT2D eigenvalue weighted by atomic mass is 127. The monoisotopic (exact) mass is 283 g/mol. The highest BCUT2D eigenvalue weighted by Gasteiger charge is 2.12. The maximum Gasteiger partial charge on any atom is 0.265 e. The predicted molar refractivity (Wildman–Crippen MR) is 47.3 cm³/mol. The van der Waals surface area contributed by atoms with Crippen molar-refractivity contribution in [1.82, 2.24) is 4.98 Å². The minimum absolute atomic E-state index is 0.0331. The summed E-state index contributed by atoms with van der Waals surface area (Å²) in [6.45, 7) is 0. The zero-order chi connectivity index (χ0) is 9.14. The van der Waals surface area contributed by atoms with Crippen LogP contribution in [-0.2, 0) is 0 Å². The molecule has 5 heteroatoms. The molecule has 12 heavy (non-hydrogen) atoms. The molecule has 0 N–H and O–H groups in total. The third kappa shape index (κ3) is 1.96. The Bertz CT molecular complexity index is 303. The van der Waals surface area contributed by atoms with Gasteiger partial charge in [-0.2, -0.15) is 0 Å². The van der Waals surface area contributed by atoms with E-state index in [4.69, 9.17) is 0 Å². The molecule has 64 valence electrons. The number of alkyl halides is 2. The second kappa shape index (κ2) is 3.88. The van der Waals surface area contributed by atoms with E-state index in [0.29, 0.717) is 9.86 Å². The summed E-state index contributed by atoms with van der Waals surface area (Å²) in [5, 5.41) is 0. The van der Waals surface area contributed by atoms with Gasteiger partial charge in [0, 0.05) is 15.3 Å². The Kier molecular flexibility index (Phi) is 3.07. The summed E-state index contributed by atoms with van der Waals surface area (Å²) in [5.41, 5.74) is -0.113. The summed E-state index contributed by atoms with van der Waals surface area (Å²) in [7, 11) is 0. The fraction of sp³-hybridized carbons (Fsp3) is 0.143. The van der Waals surface area contributed by atoms with E-state index in [0.717, 1.165) is 6.07 Å². The zero-order valence-corrected chi connectivity index (χ0v) is 7.96. The minimum atomic E-state index is -2.56. The van der Waals surface area contributed by atoms with Crippen LogP contribution in [-0.4, -0.2) is 11.3 Å². The maximum absolute atomic E-state index is 12.2. The van der Waals surface area contributed by atoms with Gasteiger partial charge in [0.15, 0.2) is 6.29 Å². The van der Waals surface area contributed by atoms with Crippen molar-refractivity contribution in [2.75, 3.05) is 0 Å². The lowest BCUT2D eigenvalue weighted by Gasteiger charge is -2.01. The number of aldehydes is 1. The van der Waals surface area contributed by atoms with Crippen LogP contribution < -0.4 is 0 Å². The zero-order valence-electron chi connectivity index (χ0n) is 5.80. The van der Waals surface area contributed by atoms with E-state index in [2.05, 4.69) is 4.98 Å². The van der Waals surface area contributed by atoms with Gasteiger partial charge in [-0.15, -0.1) is 0 Å². The van der Waals surface area contributed by atoms with Gasteiger partial charge in [-0.25, -0.2) is 8.78 Å². The molecule has 1 rings (SSSR count). The van der Waals surface area contributed by atoms with Crippen LogP contribution in [0.4, 0.5) is 8.78 Å². The Hall–Kier alpha value is -0.590. The molecule has 0 aromatic carbocycles. The van der Waals surface area contributed by atoms with Crippen LogP contribution in [0.25, 0.3) is 0 Å². The number of nitrogens with zero attached hydrogens (tertiary/aromatic N) is 1. The molecule has 0 amide bonds. The molecule has 0 unspecified atom stereocenters. The largest absolute Gasteiger partial charge is 0.296 e. The molecule has 2 nitrogen and oxygen atoms in total. The molecular weight excluding hydrogens is 279 g/mol. The van der Waals surface area contributed by atoms with Gasteiger partial charge >= 0.3 is 0 Å². The first-order chi connectivity index (χ1) is 5.65. The first-order valence-electron chi connectivity index (χ1n) is 3.04. The topological polar surface area (TPSA) is 30.0 Å². The van der Waals surface area contributed by atoms with Crippen molar-refractivity contribution < 1.29 is 13.6 Å². The molecule has 0 spiro atoms. The molecule has 0 bridgehead atoms. The number of rotatable bonds is 2. The standard InChI is InChI=1S/C7H4F2INO/c8-7(9)5-1-4(3-12)11-2-6(5)10/h1-3,7H. The molecule has 0 radical (unpaired) electrons. The Balaban J connectivity index is 3.16. The van der Waals surface area contributed by atoms with Crippen molar-refractivity contribution in [3.8, 4) is 0 Å². The molecule has 1 heterocycles. The Morgan fingerprint density at radius 2 is 2.25 bits per heavy atom. The van der Waals surface area contributed by atoms with Crippen LogP contribution >= 0.6 is 22.6 Å². The van der Waals surface area contributed by atoms with Gasteiger partial charge < -0.3 is 0 Å². The number of carbonyl (C=O) groups is 1. The third-order valence-electron chi connectivity index (χ3n) is 1.26. The van der Waals surface area contributed by atoms with Gasteiger partial charge in [0.25, 0.3) is 6.43 Å². The molecule has 1 aromatic heterocycles. The molecule has 0 aliphatic carbocycles. The summed E-state index contributed by atoms with van der Waals surface area (Å²) in [5.74, 6) is 0. The normalized spacial score (nSPS) is 10.3. The lowest BCUT2D eigenvalue weighted by Crippen LogP contribution is -1.95. The second-order valence-electron chi connectivity index (χ2n) is 2.05. The fourth-order valence-corrected chi connectivity index (χ4v) is 1.23. The van der Waals surface area contributed by atoms with E-state index >= 15 is 0 Å². The quantitative estimate of drug-likeness (QED) is 0.616. The van der Waals surface area contributed by atoms with E-state index in [1.54, 1.807) is 22.6 Å². The van der Waals surface area contributed by atoms with Crippen molar-refractivity contribution in [2.24, 2.45) is 0 Å². The highest BCUT2D eigenvalue weighted by molar-refractivity contribution is 14.1. The van der Waals surface area contributed by atoms with E-state index in [9.17, 15) is 13.6 Å². The van der Waals surface area contributed by atoms with Crippen molar-refractivity contribution in [3.63, 3.8) is 0 Å². The molecule has 0 saturated carbocycles. The van der Waals surface area contributed by atoms with Crippen LogP contribution in [0, 0.1) is 3.57 Å². The lowest BCUT2D eigenvalue weighted by atomic mass is 10.2. The molecule has 0 aliphatic rings. The van der Waals surface area contributed by atoms with Crippen molar-refractivity contribution in [2.45, 2.75) is 6.43 Å². The molecule has 0 aliphatic heterocycles. The van der Waals surface area contributed by atoms with E-state index in [-0.39, 0.29) is 11.3 Å². The van der Waals surface area contributed by atoms with Gasteiger partial charge in [0.05, 0.1) is 0 Å². The smallest absolute Gasteiger partial charge is 0.265 e. The predicted octanol–water partition coefficient (Wildman–Crippen LogP) is 2.44. The summed E-state index contributed by atoms with van der Waals surface area (Å²) >= 11 is 1.75. The number of hydrogen-bond acceptors (Lipinski definition) is 2. The van der Waals surface area contributed by atoms with Crippen LogP contribution in [0.5, 0.6) is 0 Å². The number of halogens is 3. The fourth-order valence-electron chi connectivity index (χ4n) is 0.703.